The van der Waals surface area contributed by atoms with E-state index in [2.05, 4.69) is 0 Å². The number of rotatable bonds is 3. The quantitative estimate of drug-likeness (QED) is 0.633. The number of nitro groups is 1. The Morgan fingerprint density at radius 2 is 2.00 bits per heavy atom. The van der Waals surface area contributed by atoms with Crippen LogP contribution in [0.3, 0.4) is 0 Å². The highest BCUT2D eigenvalue weighted by Gasteiger charge is 2.31. The van der Waals surface area contributed by atoms with Crippen molar-refractivity contribution in [2.24, 2.45) is 0 Å². The second-order valence-electron chi connectivity index (χ2n) is 4.79. The molecule has 0 fully saturated rings. The summed E-state index contributed by atoms with van der Waals surface area (Å²) in [7, 11) is -4.02. The van der Waals surface area contributed by atoms with Gasteiger partial charge in [0, 0.05) is 18.2 Å². The van der Waals surface area contributed by atoms with Gasteiger partial charge in [-0.2, -0.15) is 0 Å². The summed E-state index contributed by atoms with van der Waals surface area (Å²) in [6.45, 7) is 0.0915. The number of non-ortho nitro benzene ring substituents is 1. The highest BCUT2D eigenvalue weighted by atomic mass is 32.2. The summed E-state index contributed by atoms with van der Waals surface area (Å²) in [6.07, 6.45) is 0. The third-order valence-electron chi connectivity index (χ3n) is 3.36. The fraction of sp³-hybridized carbons (Fsp3) is 0.143. The molecule has 3 rings (SSSR count). The lowest BCUT2D eigenvalue weighted by molar-refractivity contribution is -0.385. The molecular weight excluding hydrogens is 327 g/mol. The fourth-order valence-electron chi connectivity index (χ4n) is 2.30. The van der Waals surface area contributed by atoms with Crippen molar-refractivity contribution in [3.05, 3.63) is 58.4 Å². The summed E-state index contributed by atoms with van der Waals surface area (Å²) in [6, 6.07) is 8.32. The number of anilines is 1. The van der Waals surface area contributed by atoms with Crippen molar-refractivity contribution >= 4 is 21.4 Å². The summed E-state index contributed by atoms with van der Waals surface area (Å²) < 4.78 is 45.1. The molecule has 7 nitrogen and oxygen atoms in total. The summed E-state index contributed by atoms with van der Waals surface area (Å²) in [5, 5.41) is 10.8. The van der Waals surface area contributed by atoms with Crippen LogP contribution in [0.15, 0.2) is 47.4 Å². The van der Waals surface area contributed by atoms with Crippen LogP contribution < -0.4 is 9.04 Å². The predicted octanol–water partition coefficient (Wildman–Crippen LogP) is 2.32. The van der Waals surface area contributed by atoms with Crippen LogP contribution in [0.25, 0.3) is 0 Å². The van der Waals surface area contributed by atoms with Crippen LogP contribution in [0, 0.1) is 15.9 Å². The summed E-state index contributed by atoms with van der Waals surface area (Å²) in [5.41, 5.74) is -0.122. The van der Waals surface area contributed by atoms with Gasteiger partial charge in [-0.25, -0.2) is 12.8 Å². The van der Waals surface area contributed by atoms with E-state index in [1.165, 1.54) is 24.3 Å². The Hall–Kier alpha value is -2.68. The Labute approximate surface area is 131 Å². The molecular formula is C14H11FN2O5S. The highest BCUT2D eigenvalue weighted by Crippen LogP contribution is 2.36. The van der Waals surface area contributed by atoms with Crippen LogP contribution in [0.2, 0.25) is 0 Å². The highest BCUT2D eigenvalue weighted by molar-refractivity contribution is 7.92. The van der Waals surface area contributed by atoms with Gasteiger partial charge >= 0.3 is 0 Å². The molecule has 1 heterocycles. The molecule has 0 saturated heterocycles. The Bertz CT molecular complexity index is 884. The second kappa shape index (κ2) is 5.51. The molecule has 0 unspecified atom stereocenters. The lowest BCUT2D eigenvalue weighted by Crippen LogP contribution is -2.37. The van der Waals surface area contributed by atoms with Gasteiger partial charge in [-0.05, 0) is 18.2 Å². The molecule has 0 spiro atoms. The Morgan fingerprint density at radius 1 is 1.22 bits per heavy atom. The van der Waals surface area contributed by atoms with Crippen molar-refractivity contribution in [1.29, 1.82) is 0 Å². The van der Waals surface area contributed by atoms with Gasteiger partial charge in [-0.3, -0.25) is 14.4 Å². The number of hydrogen-bond donors (Lipinski definition) is 0. The molecule has 0 radical (unpaired) electrons. The standard InChI is InChI=1S/C14H11FN2O5S/c15-10-4-5-13-14(8-10)22-7-6-16(13)23(20,21)12-3-1-2-11(9-12)17(18)19/h1-5,8-9H,6-7H2. The van der Waals surface area contributed by atoms with Crippen LogP contribution in [-0.2, 0) is 10.0 Å². The van der Waals surface area contributed by atoms with Crippen molar-refractivity contribution in [1.82, 2.24) is 0 Å². The van der Waals surface area contributed by atoms with Gasteiger partial charge in [0.25, 0.3) is 15.7 Å². The van der Waals surface area contributed by atoms with Gasteiger partial charge in [0.1, 0.15) is 18.2 Å². The number of benzene rings is 2. The van der Waals surface area contributed by atoms with Crippen molar-refractivity contribution in [2.45, 2.75) is 4.90 Å². The molecule has 23 heavy (non-hydrogen) atoms. The van der Waals surface area contributed by atoms with Crippen LogP contribution in [-0.4, -0.2) is 26.5 Å². The number of sulfonamides is 1. The first-order valence-corrected chi connectivity index (χ1v) is 8.03. The third-order valence-corrected chi connectivity index (χ3v) is 5.17. The van der Waals surface area contributed by atoms with E-state index in [1.807, 2.05) is 0 Å². The van der Waals surface area contributed by atoms with E-state index in [0.29, 0.717) is 0 Å². The maximum absolute atomic E-state index is 13.3. The molecule has 0 saturated carbocycles. The van der Waals surface area contributed by atoms with E-state index >= 15 is 0 Å². The van der Waals surface area contributed by atoms with E-state index < -0.39 is 20.8 Å². The minimum absolute atomic E-state index is 0.0314. The monoisotopic (exact) mass is 338 g/mol. The zero-order valence-electron chi connectivity index (χ0n) is 11.7. The molecule has 9 heteroatoms. The predicted molar refractivity (Wildman–Crippen MR) is 79.5 cm³/mol. The maximum atomic E-state index is 13.3. The topological polar surface area (TPSA) is 89.8 Å². The SMILES string of the molecule is O=[N+]([O-])c1cccc(S(=O)(=O)N2CCOc3cc(F)ccc32)c1. The van der Waals surface area contributed by atoms with Gasteiger partial charge in [-0.15, -0.1) is 0 Å². The minimum atomic E-state index is -4.02. The largest absolute Gasteiger partial charge is 0.489 e. The van der Waals surface area contributed by atoms with Gasteiger partial charge in [-0.1, -0.05) is 6.07 Å². The first kappa shape index (κ1) is 15.2. The molecule has 0 N–H and O–H groups in total. The molecule has 0 aliphatic carbocycles. The number of fused-ring (bicyclic) bond motifs is 1. The number of ether oxygens (including phenoxy) is 1. The Morgan fingerprint density at radius 3 is 2.74 bits per heavy atom. The van der Waals surface area contributed by atoms with E-state index in [1.54, 1.807) is 0 Å². The second-order valence-corrected chi connectivity index (χ2v) is 6.65. The van der Waals surface area contributed by atoms with Gasteiger partial charge < -0.3 is 4.74 Å². The lowest BCUT2D eigenvalue weighted by atomic mass is 10.2. The molecule has 2 aromatic rings. The van der Waals surface area contributed by atoms with Crippen LogP contribution in [0.5, 0.6) is 5.75 Å². The number of halogens is 1. The first-order chi connectivity index (χ1) is 10.9. The van der Waals surface area contributed by atoms with Crippen LogP contribution >= 0.6 is 0 Å². The number of nitro benzene ring substituents is 1. The Kier molecular flexibility index (Phi) is 3.64. The molecule has 120 valence electrons. The number of nitrogens with zero attached hydrogens (tertiary/aromatic N) is 2. The normalized spacial score (nSPS) is 14.0. The third kappa shape index (κ3) is 2.70. The van der Waals surface area contributed by atoms with Gasteiger partial charge in [0.2, 0.25) is 0 Å². The minimum Gasteiger partial charge on any atom is -0.489 e. The summed E-state index contributed by atoms with van der Waals surface area (Å²) in [5.74, 6) is -0.427. The summed E-state index contributed by atoms with van der Waals surface area (Å²) >= 11 is 0. The molecule has 0 atom stereocenters. The molecule has 1 aliphatic heterocycles. The molecule has 2 aromatic carbocycles. The average Bonchev–Trinajstić information content (AvgIpc) is 2.54. The van der Waals surface area contributed by atoms with Gasteiger partial charge in [0.15, 0.2) is 0 Å². The van der Waals surface area contributed by atoms with Crippen LogP contribution in [0.1, 0.15) is 0 Å². The van der Waals surface area contributed by atoms with E-state index in [0.717, 1.165) is 22.5 Å². The van der Waals surface area contributed by atoms with Crippen molar-refractivity contribution in [3.63, 3.8) is 0 Å². The van der Waals surface area contributed by atoms with Crippen LogP contribution in [0.4, 0.5) is 15.8 Å². The van der Waals surface area contributed by atoms with Crippen molar-refractivity contribution in [3.8, 4) is 5.75 Å². The fourth-order valence-corrected chi connectivity index (χ4v) is 3.80. The van der Waals surface area contributed by atoms with E-state index in [9.17, 15) is 22.9 Å². The zero-order valence-corrected chi connectivity index (χ0v) is 12.5. The first-order valence-electron chi connectivity index (χ1n) is 6.59. The average molecular weight is 338 g/mol. The lowest BCUT2D eigenvalue weighted by Gasteiger charge is -2.30. The number of hydrogen-bond acceptors (Lipinski definition) is 5. The molecule has 1 aliphatic rings. The molecule has 0 aromatic heterocycles. The maximum Gasteiger partial charge on any atom is 0.270 e. The molecule has 0 amide bonds. The molecule has 0 bridgehead atoms. The van der Waals surface area contributed by atoms with E-state index in [4.69, 9.17) is 4.74 Å². The smallest absolute Gasteiger partial charge is 0.270 e. The summed E-state index contributed by atoms with van der Waals surface area (Å²) in [4.78, 5) is 9.96. The van der Waals surface area contributed by atoms with E-state index in [-0.39, 0.29) is 35.2 Å². The zero-order chi connectivity index (χ0) is 16.6. The van der Waals surface area contributed by atoms with Crippen molar-refractivity contribution < 1.29 is 22.5 Å². The Balaban J connectivity index is 2.08. The van der Waals surface area contributed by atoms with Gasteiger partial charge in [0.05, 0.1) is 22.1 Å². The van der Waals surface area contributed by atoms with Crippen molar-refractivity contribution in [2.75, 3.05) is 17.5 Å².